The highest BCUT2D eigenvalue weighted by Crippen LogP contribution is 2.32. The van der Waals surface area contributed by atoms with Gasteiger partial charge in [0.1, 0.15) is 11.5 Å². The molecule has 6 nitrogen and oxygen atoms in total. The second kappa shape index (κ2) is 7.70. The van der Waals surface area contributed by atoms with Crippen LogP contribution in [0.15, 0.2) is 36.4 Å². The van der Waals surface area contributed by atoms with Crippen molar-refractivity contribution in [1.82, 2.24) is 0 Å². The molecule has 1 heterocycles. The summed E-state index contributed by atoms with van der Waals surface area (Å²) in [5.41, 5.74) is 3.25. The Labute approximate surface area is 158 Å². The van der Waals surface area contributed by atoms with Crippen LogP contribution in [0.4, 0.5) is 11.4 Å². The van der Waals surface area contributed by atoms with E-state index in [2.05, 4.69) is 30.5 Å². The highest BCUT2D eigenvalue weighted by molar-refractivity contribution is 5.99. The molecule has 0 fully saturated rings. The molecule has 6 heteroatoms. The predicted molar refractivity (Wildman–Crippen MR) is 105 cm³/mol. The van der Waals surface area contributed by atoms with E-state index in [1.54, 1.807) is 25.1 Å². The zero-order chi connectivity index (χ0) is 19.6. The van der Waals surface area contributed by atoms with Crippen molar-refractivity contribution in [1.29, 1.82) is 0 Å². The van der Waals surface area contributed by atoms with Gasteiger partial charge in [-0.2, -0.15) is 0 Å². The van der Waals surface area contributed by atoms with Crippen molar-refractivity contribution in [2.24, 2.45) is 0 Å². The number of anilines is 2. The van der Waals surface area contributed by atoms with Gasteiger partial charge in [-0.15, -0.1) is 0 Å². The number of aryl methyl sites for hydroxylation is 1. The number of ether oxygens (including phenoxy) is 2. The Morgan fingerprint density at radius 1 is 1.26 bits per heavy atom. The first-order chi connectivity index (χ1) is 12.8. The molecule has 0 radical (unpaired) electrons. The van der Waals surface area contributed by atoms with E-state index in [9.17, 15) is 9.59 Å². The average molecular weight is 368 g/mol. The first-order valence-electron chi connectivity index (χ1n) is 8.98. The molecule has 1 atom stereocenters. The van der Waals surface area contributed by atoms with E-state index in [0.717, 1.165) is 11.1 Å². The van der Waals surface area contributed by atoms with Gasteiger partial charge in [-0.05, 0) is 55.2 Å². The molecule has 2 aromatic rings. The lowest BCUT2D eigenvalue weighted by Gasteiger charge is -2.23. The van der Waals surface area contributed by atoms with E-state index in [0.29, 0.717) is 28.8 Å². The standard InChI is InChI=1S/C21H24N2O4/c1-12(2)15-6-5-13(3)19(9-15)26-11-20(24)22-16-7-8-18-17(10-16)23-21(25)14(4)27-18/h5-10,12,14H,11H2,1-4H3,(H,22,24)(H,23,25)/t14-/m0/s1. The Kier molecular flexibility index (Phi) is 5.35. The van der Waals surface area contributed by atoms with Crippen LogP contribution in [0.5, 0.6) is 11.5 Å². The van der Waals surface area contributed by atoms with Crippen LogP contribution in [0.2, 0.25) is 0 Å². The summed E-state index contributed by atoms with van der Waals surface area (Å²) < 4.78 is 11.2. The molecule has 0 unspecified atom stereocenters. The van der Waals surface area contributed by atoms with Crippen molar-refractivity contribution < 1.29 is 19.1 Å². The minimum Gasteiger partial charge on any atom is -0.483 e. The molecule has 3 rings (SSSR count). The maximum Gasteiger partial charge on any atom is 0.265 e. The normalized spacial score (nSPS) is 15.6. The van der Waals surface area contributed by atoms with Crippen molar-refractivity contribution in [3.05, 3.63) is 47.5 Å². The number of hydrogen-bond donors (Lipinski definition) is 2. The van der Waals surface area contributed by atoms with E-state index in [4.69, 9.17) is 9.47 Å². The summed E-state index contributed by atoms with van der Waals surface area (Å²) in [6.45, 7) is 7.76. The fourth-order valence-electron chi connectivity index (χ4n) is 2.76. The summed E-state index contributed by atoms with van der Waals surface area (Å²) in [6, 6.07) is 11.2. The third-order valence-corrected chi connectivity index (χ3v) is 4.43. The quantitative estimate of drug-likeness (QED) is 0.840. The maximum atomic E-state index is 12.2. The van der Waals surface area contributed by atoms with Gasteiger partial charge in [0.25, 0.3) is 11.8 Å². The van der Waals surface area contributed by atoms with Crippen molar-refractivity contribution >= 4 is 23.2 Å². The van der Waals surface area contributed by atoms with Crippen molar-refractivity contribution in [2.75, 3.05) is 17.2 Å². The highest BCUT2D eigenvalue weighted by Gasteiger charge is 2.23. The first-order valence-corrected chi connectivity index (χ1v) is 8.98. The SMILES string of the molecule is Cc1ccc(C(C)C)cc1OCC(=O)Nc1ccc2c(c1)NC(=O)[C@H](C)O2. The minimum absolute atomic E-state index is 0.0979. The Bertz CT molecular complexity index is 876. The summed E-state index contributed by atoms with van der Waals surface area (Å²) in [5, 5.41) is 5.53. The first kappa shape index (κ1) is 18.8. The summed E-state index contributed by atoms with van der Waals surface area (Å²) in [7, 11) is 0. The fraction of sp³-hybridized carbons (Fsp3) is 0.333. The lowest BCUT2D eigenvalue weighted by molar-refractivity contribution is -0.122. The van der Waals surface area contributed by atoms with Gasteiger partial charge in [-0.3, -0.25) is 9.59 Å². The van der Waals surface area contributed by atoms with Crippen molar-refractivity contribution in [3.8, 4) is 11.5 Å². The van der Waals surface area contributed by atoms with Gasteiger partial charge >= 0.3 is 0 Å². The van der Waals surface area contributed by atoms with Crippen LogP contribution >= 0.6 is 0 Å². The lowest BCUT2D eigenvalue weighted by Crippen LogP contribution is -2.34. The van der Waals surface area contributed by atoms with Gasteiger partial charge in [0, 0.05) is 5.69 Å². The van der Waals surface area contributed by atoms with Crippen LogP contribution in [0.25, 0.3) is 0 Å². The van der Waals surface area contributed by atoms with E-state index in [1.165, 1.54) is 0 Å². The fourth-order valence-corrected chi connectivity index (χ4v) is 2.76. The van der Waals surface area contributed by atoms with Crippen LogP contribution < -0.4 is 20.1 Å². The summed E-state index contributed by atoms with van der Waals surface area (Å²) in [5.74, 6) is 1.18. The largest absolute Gasteiger partial charge is 0.483 e. The molecule has 2 aromatic carbocycles. The molecular formula is C21H24N2O4. The molecule has 0 spiro atoms. The number of fused-ring (bicyclic) bond motifs is 1. The Balaban J connectivity index is 1.63. The molecule has 0 saturated heterocycles. The highest BCUT2D eigenvalue weighted by atomic mass is 16.5. The van der Waals surface area contributed by atoms with Gasteiger partial charge in [-0.1, -0.05) is 26.0 Å². The Morgan fingerprint density at radius 2 is 2.04 bits per heavy atom. The molecule has 1 aliphatic rings. The number of rotatable bonds is 5. The summed E-state index contributed by atoms with van der Waals surface area (Å²) in [4.78, 5) is 24.0. The smallest absolute Gasteiger partial charge is 0.265 e. The van der Waals surface area contributed by atoms with Crippen LogP contribution in [0.1, 0.15) is 37.8 Å². The van der Waals surface area contributed by atoms with Gasteiger partial charge < -0.3 is 20.1 Å². The minimum atomic E-state index is -0.531. The van der Waals surface area contributed by atoms with Crippen molar-refractivity contribution in [3.63, 3.8) is 0 Å². The Morgan fingerprint density at radius 3 is 2.78 bits per heavy atom. The number of benzene rings is 2. The molecule has 0 aromatic heterocycles. The Hall–Kier alpha value is -3.02. The van der Waals surface area contributed by atoms with Crippen molar-refractivity contribution in [2.45, 2.75) is 39.7 Å². The third kappa shape index (κ3) is 4.39. The molecule has 0 bridgehead atoms. The number of hydrogen-bond acceptors (Lipinski definition) is 4. The van der Waals surface area contributed by atoms with Crippen LogP contribution in [0, 0.1) is 6.92 Å². The molecule has 1 aliphatic heterocycles. The molecular weight excluding hydrogens is 344 g/mol. The second-order valence-electron chi connectivity index (χ2n) is 6.98. The maximum absolute atomic E-state index is 12.2. The van der Waals surface area contributed by atoms with Gasteiger partial charge in [0.05, 0.1) is 5.69 Å². The zero-order valence-corrected chi connectivity index (χ0v) is 16.0. The van der Waals surface area contributed by atoms with E-state index in [1.807, 2.05) is 19.1 Å². The van der Waals surface area contributed by atoms with Crippen LogP contribution in [-0.4, -0.2) is 24.5 Å². The monoisotopic (exact) mass is 368 g/mol. The number of carbonyl (C=O) groups excluding carboxylic acids is 2. The molecule has 27 heavy (non-hydrogen) atoms. The van der Waals surface area contributed by atoms with Crippen LogP contribution in [0.3, 0.4) is 0 Å². The molecule has 0 saturated carbocycles. The van der Waals surface area contributed by atoms with Gasteiger partial charge in [0.2, 0.25) is 0 Å². The third-order valence-electron chi connectivity index (χ3n) is 4.43. The number of carbonyl (C=O) groups is 2. The topological polar surface area (TPSA) is 76.7 Å². The zero-order valence-electron chi connectivity index (χ0n) is 16.0. The predicted octanol–water partition coefficient (Wildman–Crippen LogP) is 3.86. The molecule has 2 amide bonds. The van der Waals surface area contributed by atoms with E-state index < -0.39 is 6.10 Å². The van der Waals surface area contributed by atoms with Gasteiger partial charge in [-0.25, -0.2) is 0 Å². The molecule has 142 valence electrons. The van der Waals surface area contributed by atoms with Gasteiger partial charge in [0.15, 0.2) is 12.7 Å². The number of nitrogens with one attached hydrogen (secondary N) is 2. The van der Waals surface area contributed by atoms with E-state index in [-0.39, 0.29) is 18.4 Å². The number of amides is 2. The van der Waals surface area contributed by atoms with Crippen LogP contribution in [-0.2, 0) is 9.59 Å². The molecule has 0 aliphatic carbocycles. The molecule has 2 N–H and O–H groups in total. The second-order valence-corrected chi connectivity index (χ2v) is 6.98. The lowest BCUT2D eigenvalue weighted by atomic mass is 10.0. The summed E-state index contributed by atoms with van der Waals surface area (Å²) in [6.07, 6.45) is -0.531. The summed E-state index contributed by atoms with van der Waals surface area (Å²) >= 11 is 0. The van der Waals surface area contributed by atoms with E-state index >= 15 is 0 Å². The average Bonchev–Trinajstić information content (AvgIpc) is 2.62.